The first-order chi connectivity index (χ1) is 12.6. The normalized spacial score (nSPS) is 22.5. The maximum absolute atomic E-state index is 12.7. The summed E-state index contributed by atoms with van der Waals surface area (Å²) in [4.78, 5) is 30.9. The van der Waals surface area contributed by atoms with Gasteiger partial charge in [0.25, 0.3) is 0 Å². The molecule has 158 valence electrons. The Bertz CT molecular complexity index is 611. The van der Waals surface area contributed by atoms with Crippen molar-refractivity contribution < 1.29 is 9.59 Å². The van der Waals surface area contributed by atoms with Crippen molar-refractivity contribution in [2.45, 2.75) is 51.0 Å². The molecule has 3 unspecified atom stereocenters. The molecule has 2 aliphatic heterocycles. The molecule has 0 spiro atoms. The summed E-state index contributed by atoms with van der Waals surface area (Å²) in [6.07, 6.45) is 8.17. The van der Waals surface area contributed by atoms with E-state index in [0.29, 0.717) is 18.9 Å². The molecular formula is C20H32Cl2N4O2. The molecule has 2 aliphatic rings. The Kier molecular flexibility index (Phi) is 10.8. The van der Waals surface area contributed by atoms with Gasteiger partial charge in [0, 0.05) is 38.4 Å². The van der Waals surface area contributed by atoms with E-state index in [1.54, 1.807) is 6.20 Å². The van der Waals surface area contributed by atoms with Crippen LogP contribution in [0.4, 0.5) is 0 Å². The minimum absolute atomic E-state index is 0. The minimum Gasteiger partial charge on any atom is -0.354 e. The second-order valence-electron chi connectivity index (χ2n) is 7.63. The number of hydrogen-bond acceptors (Lipinski definition) is 4. The standard InChI is InChI=1S/C20H30N4O2.2ClH/c1-15(17-6-2-8-21-13-17)11-19(25)24-10-4-5-16(14-24)12-23-20(26)18-7-3-9-22-18;;/h2,6,8,13,15-16,18,22H,3-5,7,9-12,14H2,1H3,(H,23,26);2*1H. The number of rotatable bonds is 6. The highest BCUT2D eigenvalue weighted by Crippen LogP contribution is 2.22. The SMILES string of the molecule is CC(CC(=O)N1CCCC(CNC(=O)C2CCCN2)C1)c1cccnc1.Cl.Cl. The van der Waals surface area contributed by atoms with Crippen molar-refractivity contribution in [3.8, 4) is 0 Å². The lowest BCUT2D eigenvalue weighted by Crippen LogP contribution is -2.46. The summed E-state index contributed by atoms with van der Waals surface area (Å²) in [5.41, 5.74) is 1.10. The predicted octanol–water partition coefficient (Wildman–Crippen LogP) is 2.53. The maximum Gasteiger partial charge on any atom is 0.237 e. The molecule has 1 aromatic rings. The van der Waals surface area contributed by atoms with E-state index >= 15 is 0 Å². The van der Waals surface area contributed by atoms with Gasteiger partial charge in [-0.15, -0.1) is 24.8 Å². The van der Waals surface area contributed by atoms with Crippen molar-refractivity contribution >= 4 is 36.6 Å². The number of pyridine rings is 1. The van der Waals surface area contributed by atoms with E-state index in [2.05, 4.69) is 22.5 Å². The number of aromatic nitrogens is 1. The van der Waals surface area contributed by atoms with Gasteiger partial charge in [0.2, 0.25) is 11.8 Å². The molecule has 3 atom stereocenters. The predicted molar refractivity (Wildman–Crippen MR) is 115 cm³/mol. The Labute approximate surface area is 180 Å². The first-order valence-corrected chi connectivity index (χ1v) is 9.82. The van der Waals surface area contributed by atoms with Gasteiger partial charge in [-0.25, -0.2) is 0 Å². The molecule has 1 aromatic heterocycles. The van der Waals surface area contributed by atoms with Crippen molar-refractivity contribution in [1.29, 1.82) is 0 Å². The van der Waals surface area contributed by atoms with Crippen LogP contribution in [0.25, 0.3) is 0 Å². The van der Waals surface area contributed by atoms with E-state index < -0.39 is 0 Å². The Morgan fingerprint density at radius 3 is 2.82 bits per heavy atom. The fourth-order valence-electron chi connectivity index (χ4n) is 3.91. The van der Waals surface area contributed by atoms with Gasteiger partial charge in [-0.3, -0.25) is 14.6 Å². The van der Waals surface area contributed by atoms with Gasteiger partial charge in [-0.2, -0.15) is 0 Å². The molecule has 2 saturated heterocycles. The number of carbonyl (C=O) groups excluding carboxylic acids is 2. The zero-order valence-corrected chi connectivity index (χ0v) is 18.1. The molecule has 6 nitrogen and oxygen atoms in total. The summed E-state index contributed by atoms with van der Waals surface area (Å²) in [6.45, 7) is 5.24. The number of nitrogens with zero attached hydrogens (tertiary/aromatic N) is 2. The number of amides is 2. The van der Waals surface area contributed by atoms with Crippen LogP contribution >= 0.6 is 24.8 Å². The Morgan fingerprint density at radius 1 is 1.32 bits per heavy atom. The monoisotopic (exact) mass is 430 g/mol. The molecule has 8 heteroatoms. The summed E-state index contributed by atoms with van der Waals surface area (Å²) >= 11 is 0. The van der Waals surface area contributed by atoms with Crippen LogP contribution in [0.15, 0.2) is 24.5 Å². The van der Waals surface area contributed by atoms with Crippen LogP contribution in [0.5, 0.6) is 0 Å². The van der Waals surface area contributed by atoms with Gasteiger partial charge < -0.3 is 15.5 Å². The number of hydrogen-bond donors (Lipinski definition) is 2. The molecule has 2 amide bonds. The van der Waals surface area contributed by atoms with Gasteiger partial charge in [-0.1, -0.05) is 13.0 Å². The van der Waals surface area contributed by atoms with Gasteiger partial charge in [0.05, 0.1) is 6.04 Å². The van der Waals surface area contributed by atoms with Crippen LogP contribution in [-0.4, -0.2) is 53.9 Å². The van der Waals surface area contributed by atoms with Crippen LogP contribution in [0.3, 0.4) is 0 Å². The summed E-state index contributed by atoms with van der Waals surface area (Å²) in [7, 11) is 0. The lowest BCUT2D eigenvalue weighted by molar-refractivity contribution is -0.133. The van der Waals surface area contributed by atoms with Crippen LogP contribution in [0.1, 0.15) is 50.5 Å². The molecule has 2 N–H and O–H groups in total. The van der Waals surface area contributed by atoms with Gasteiger partial charge in [0.1, 0.15) is 0 Å². The molecule has 28 heavy (non-hydrogen) atoms. The van der Waals surface area contributed by atoms with E-state index in [4.69, 9.17) is 0 Å². The van der Waals surface area contributed by atoms with Crippen LogP contribution in [0.2, 0.25) is 0 Å². The molecule has 0 bridgehead atoms. The summed E-state index contributed by atoms with van der Waals surface area (Å²) in [6, 6.07) is 3.91. The second-order valence-corrected chi connectivity index (χ2v) is 7.63. The van der Waals surface area contributed by atoms with Crippen LogP contribution in [0, 0.1) is 5.92 Å². The number of nitrogens with one attached hydrogen (secondary N) is 2. The Balaban J connectivity index is 0.00000196. The minimum atomic E-state index is -0.0309. The number of carbonyl (C=O) groups is 2. The quantitative estimate of drug-likeness (QED) is 0.726. The number of likely N-dealkylation sites (tertiary alicyclic amines) is 1. The molecule has 0 aromatic carbocycles. The third-order valence-electron chi connectivity index (χ3n) is 5.55. The molecule has 0 aliphatic carbocycles. The average Bonchev–Trinajstić information content (AvgIpc) is 3.22. The largest absolute Gasteiger partial charge is 0.354 e. The topological polar surface area (TPSA) is 74.3 Å². The van der Waals surface area contributed by atoms with Crippen LogP contribution in [-0.2, 0) is 9.59 Å². The Hall–Kier alpha value is -1.37. The molecule has 0 radical (unpaired) electrons. The zero-order chi connectivity index (χ0) is 18.4. The number of piperidine rings is 1. The van der Waals surface area contributed by atoms with Gasteiger partial charge in [-0.05, 0) is 55.7 Å². The maximum atomic E-state index is 12.7. The third-order valence-corrected chi connectivity index (χ3v) is 5.55. The highest BCUT2D eigenvalue weighted by molar-refractivity contribution is 5.85. The lowest BCUT2D eigenvalue weighted by Gasteiger charge is -2.33. The zero-order valence-electron chi connectivity index (χ0n) is 16.4. The fraction of sp³-hybridized carbons (Fsp3) is 0.650. The van der Waals surface area contributed by atoms with Crippen molar-refractivity contribution in [2.75, 3.05) is 26.2 Å². The summed E-state index contributed by atoms with van der Waals surface area (Å²) < 4.78 is 0. The van der Waals surface area contributed by atoms with Crippen molar-refractivity contribution in [1.82, 2.24) is 20.5 Å². The molecule has 2 fully saturated rings. The highest BCUT2D eigenvalue weighted by Gasteiger charge is 2.27. The van der Waals surface area contributed by atoms with Crippen molar-refractivity contribution in [3.05, 3.63) is 30.1 Å². The van der Waals surface area contributed by atoms with Gasteiger partial charge >= 0.3 is 0 Å². The molecule has 3 rings (SSSR count). The third kappa shape index (κ3) is 6.90. The van der Waals surface area contributed by atoms with Crippen LogP contribution < -0.4 is 10.6 Å². The average molecular weight is 431 g/mol. The first-order valence-electron chi connectivity index (χ1n) is 9.82. The van der Waals surface area contributed by atoms with Crippen molar-refractivity contribution in [3.63, 3.8) is 0 Å². The van der Waals surface area contributed by atoms with Crippen molar-refractivity contribution in [2.24, 2.45) is 5.92 Å². The highest BCUT2D eigenvalue weighted by atomic mass is 35.5. The molecule has 0 saturated carbocycles. The Morgan fingerprint density at radius 2 is 2.14 bits per heavy atom. The van der Waals surface area contributed by atoms with E-state index in [0.717, 1.165) is 50.9 Å². The molecule has 3 heterocycles. The fourth-order valence-corrected chi connectivity index (χ4v) is 3.91. The van der Waals surface area contributed by atoms with Gasteiger partial charge in [0.15, 0.2) is 0 Å². The molecular weight excluding hydrogens is 399 g/mol. The van der Waals surface area contributed by atoms with E-state index in [1.165, 1.54) is 0 Å². The second kappa shape index (κ2) is 12.2. The number of halogens is 2. The van der Waals surface area contributed by atoms with E-state index in [-0.39, 0.29) is 48.6 Å². The lowest BCUT2D eigenvalue weighted by atomic mass is 9.95. The van der Waals surface area contributed by atoms with E-state index in [1.807, 2.05) is 23.2 Å². The first kappa shape index (κ1) is 24.7. The summed E-state index contributed by atoms with van der Waals surface area (Å²) in [5, 5.41) is 6.30. The van der Waals surface area contributed by atoms with E-state index in [9.17, 15) is 9.59 Å². The summed E-state index contributed by atoms with van der Waals surface area (Å²) in [5.74, 6) is 0.836. The smallest absolute Gasteiger partial charge is 0.237 e.